The zero-order chi connectivity index (χ0) is 18.2. The second kappa shape index (κ2) is 8.63. The Morgan fingerprint density at radius 1 is 1.00 bits per heavy atom. The minimum absolute atomic E-state index is 0.0577. The largest absolute Gasteiger partial charge is 0.481 e. The number of carboxylic acid groups (broad SMARTS) is 1. The van der Waals surface area contributed by atoms with Crippen LogP contribution in [0.1, 0.15) is 24.9 Å². The fourth-order valence-electron chi connectivity index (χ4n) is 2.52. The normalized spacial score (nSPS) is 11.4. The summed E-state index contributed by atoms with van der Waals surface area (Å²) in [6.45, 7) is 1.66. The predicted molar refractivity (Wildman–Crippen MR) is 92.0 cm³/mol. The number of hydrogen-bond acceptors (Lipinski definition) is 4. The number of carbonyl (C=O) groups is 3. The van der Waals surface area contributed by atoms with Crippen molar-refractivity contribution >= 4 is 23.5 Å². The molecule has 6 nitrogen and oxygen atoms in total. The van der Waals surface area contributed by atoms with E-state index in [1.54, 1.807) is 67.6 Å². The monoisotopic (exact) mass is 341 g/mol. The summed E-state index contributed by atoms with van der Waals surface area (Å²) in [7, 11) is 0. The Labute approximate surface area is 145 Å². The van der Waals surface area contributed by atoms with E-state index in [0.717, 1.165) is 0 Å². The topological polar surface area (TPSA) is 83.9 Å². The summed E-state index contributed by atoms with van der Waals surface area (Å²) in [6, 6.07) is 16.4. The number of ether oxygens (including phenoxy) is 1. The molecule has 0 aliphatic rings. The fraction of sp³-hybridized carbons (Fsp3) is 0.211. The molecule has 0 fully saturated rings. The van der Waals surface area contributed by atoms with Crippen LogP contribution in [0.2, 0.25) is 0 Å². The van der Waals surface area contributed by atoms with Crippen molar-refractivity contribution in [2.75, 3.05) is 11.5 Å². The van der Waals surface area contributed by atoms with Gasteiger partial charge in [-0.2, -0.15) is 0 Å². The third-order valence-electron chi connectivity index (χ3n) is 3.57. The van der Waals surface area contributed by atoms with Crippen LogP contribution in [-0.4, -0.2) is 29.6 Å². The maximum atomic E-state index is 12.7. The summed E-state index contributed by atoms with van der Waals surface area (Å²) in [5.74, 6) is -2.99. The zero-order valence-electron chi connectivity index (χ0n) is 13.8. The molecule has 0 aliphatic heterocycles. The van der Waals surface area contributed by atoms with Crippen LogP contribution >= 0.6 is 0 Å². The highest BCUT2D eigenvalue weighted by atomic mass is 16.5. The second-order valence-electron chi connectivity index (χ2n) is 5.26. The third-order valence-corrected chi connectivity index (χ3v) is 3.57. The van der Waals surface area contributed by atoms with Gasteiger partial charge in [-0.3, -0.25) is 14.5 Å². The maximum Gasteiger partial charge on any atom is 0.397 e. The third kappa shape index (κ3) is 4.67. The molecule has 0 spiro atoms. The van der Waals surface area contributed by atoms with Crippen LogP contribution in [0.3, 0.4) is 0 Å². The lowest BCUT2D eigenvalue weighted by molar-refractivity contribution is -0.153. The number of benzene rings is 2. The van der Waals surface area contributed by atoms with Crippen LogP contribution < -0.4 is 4.90 Å². The summed E-state index contributed by atoms with van der Waals surface area (Å²) in [5.41, 5.74) is 1.04. The van der Waals surface area contributed by atoms with E-state index in [1.165, 1.54) is 4.90 Å². The first-order valence-electron chi connectivity index (χ1n) is 7.86. The van der Waals surface area contributed by atoms with E-state index in [1.807, 2.05) is 0 Å². The molecule has 0 radical (unpaired) electrons. The van der Waals surface area contributed by atoms with Crippen molar-refractivity contribution in [1.82, 2.24) is 0 Å². The zero-order valence-corrected chi connectivity index (χ0v) is 13.8. The van der Waals surface area contributed by atoms with Crippen molar-refractivity contribution < 1.29 is 24.2 Å². The van der Waals surface area contributed by atoms with Gasteiger partial charge in [0.1, 0.15) is 0 Å². The van der Waals surface area contributed by atoms with Crippen LogP contribution in [0.4, 0.5) is 5.69 Å². The van der Waals surface area contributed by atoms with Crippen molar-refractivity contribution in [2.45, 2.75) is 19.4 Å². The molecular formula is C19H19NO5. The van der Waals surface area contributed by atoms with E-state index >= 15 is 0 Å². The summed E-state index contributed by atoms with van der Waals surface area (Å²) in [5, 5.41) is 9.31. The Balaban J connectivity index is 2.51. The van der Waals surface area contributed by atoms with Gasteiger partial charge in [-0.05, 0) is 24.6 Å². The average molecular weight is 341 g/mol. The number of hydrogen-bond donors (Lipinski definition) is 1. The van der Waals surface area contributed by atoms with Gasteiger partial charge in [0.05, 0.1) is 19.1 Å². The van der Waals surface area contributed by atoms with Gasteiger partial charge >= 0.3 is 17.8 Å². The van der Waals surface area contributed by atoms with Gasteiger partial charge in [-0.25, -0.2) is 4.79 Å². The van der Waals surface area contributed by atoms with Gasteiger partial charge < -0.3 is 9.84 Å². The van der Waals surface area contributed by atoms with Crippen LogP contribution in [0.15, 0.2) is 60.7 Å². The maximum absolute atomic E-state index is 12.7. The van der Waals surface area contributed by atoms with Crippen molar-refractivity contribution in [2.24, 2.45) is 0 Å². The van der Waals surface area contributed by atoms with E-state index in [2.05, 4.69) is 0 Å². The first-order chi connectivity index (χ1) is 12.0. The summed E-state index contributed by atoms with van der Waals surface area (Å²) < 4.78 is 4.82. The summed E-state index contributed by atoms with van der Waals surface area (Å²) in [4.78, 5) is 37.3. The number of carboxylic acids is 1. The molecule has 0 bridgehead atoms. The Bertz CT molecular complexity index is 730. The van der Waals surface area contributed by atoms with Crippen molar-refractivity contribution in [3.05, 3.63) is 66.2 Å². The van der Waals surface area contributed by atoms with Crippen LogP contribution in [0.25, 0.3) is 0 Å². The predicted octanol–water partition coefficient (Wildman–Crippen LogP) is 2.80. The molecule has 0 aromatic heterocycles. The molecular weight excluding hydrogens is 322 g/mol. The molecule has 0 saturated heterocycles. The fourth-order valence-corrected chi connectivity index (χ4v) is 2.52. The van der Waals surface area contributed by atoms with Gasteiger partial charge in [0, 0.05) is 5.69 Å². The van der Waals surface area contributed by atoms with E-state index in [9.17, 15) is 19.5 Å². The standard InChI is InChI=1S/C19H19NO5/c1-2-25-19(24)18(23)20(15-11-7-4-8-12-15)16(13-17(21)22)14-9-5-3-6-10-14/h3-12,16H,2,13H2,1H3,(H,21,22)/t16-/m1/s1. The number of esters is 1. The molecule has 0 saturated carbocycles. The Morgan fingerprint density at radius 2 is 1.56 bits per heavy atom. The van der Waals surface area contributed by atoms with Gasteiger partial charge in [0.2, 0.25) is 0 Å². The summed E-state index contributed by atoms with van der Waals surface area (Å²) in [6.07, 6.45) is -0.343. The van der Waals surface area contributed by atoms with Crippen molar-refractivity contribution in [3.8, 4) is 0 Å². The molecule has 2 aromatic carbocycles. The van der Waals surface area contributed by atoms with Crippen molar-refractivity contribution in [3.63, 3.8) is 0 Å². The van der Waals surface area contributed by atoms with Gasteiger partial charge in [-0.15, -0.1) is 0 Å². The number of aliphatic carboxylic acids is 1. The van der Waals surface area contributed by atoms with Crippen molar-refractivity contribution in [1.29, 1.82) is 0 Å². The molecule has 1 N–H and O–H groups in total. The molecule has 0 unspecified atom stereocenters. The number of nitrogens with zero attached hydrogens (tertiary/aromatic N) is 1. The smallest absolute Gasteiger partial charge is 0.397 e. The first kappa shape index (κ1) is 18.2. The molecule has 1 amide bonds. The van der Waals surface area contributed by atoms with E-state index < -0.39 is 23.9 Å². The summed E-state index contributed by atoms with van der Waals surface area (Å²) >= 11 is 0. The minimum atomic E-state index is -1.08. The minimum Gasteiger partial charge on any atom is -0.481 e. The number of carbonyl (C=O) groups excluding carboxylic acids is 2. The highest BCUT2D eigenvalue weighted by Crippen LogP contribution is 2.30. The molecule has 0 heterocycles. The van der Waals surface area contributed by atoms with Gasteiger partial charge in [-0.1, -0.05) is 48.5 Å². The van der Waals surface area contributed by atoms with E-state index in [-0.39, 0.29) is 13.0 Å². The molecule has 25 heavy (non-hydrogen) atoms. The van der Waals surface area contributed by atoms with Crippen LogP contribution in [0, 0.1) is 0 Å². The molecule has 1 atom stereocenters. The van der Waals surface area contributed by atoms with Crippen LogP contribution in [-0.2, 0) is 19.1 Å². The Kier molecular flexibility index (Phi) is 6.28. The quantitative estimate of drug-likeness (QED) is 0.645. The second-order valence-corrected chi connectivity index (χ2v) is 5.26. The van der Waals surface area contributed by atoms with E-state index in [0.29, 0.717) is 11.3 Å². The number of rotatable bonds is 6. The Morgan fingerprint density at radius 3 is 2.08 bits per heavy atom. The Hall–Kier alpha value is -3.15. The molecule has 0 aliphatic carbocycles. The molecule has 2 rings (SSSR count). The molecule has 2 aromatic rings. The molecule has 6 heteroatoms. The highest BCUT2D eigenvalue weighted by Gasteiger charge is 2.33. The van der Waals surface area contributed by atoms with Gasteiger partial charge in [0.15, 0.2) is 0 Å². The van der Waals surface area contributed by atoms with Crippen LogP contribution in [0.5, 0.6) is 0 Å². The lowest BCUT2D eigenvalue weighted by Crippen LogP contribution is -2.41. The number of amides is 1. The number of anilines is 1. The number of para-hydroxylation sites is 1. The molecule has 130 valence electrons. The first-order valence-corrected chi connectivity index (χ1v) is 7.86. The SMILES string of the molecule is CCOC(=O)C(=O)N(c1ccccc1)[C@H](CC(=O)O)c1ccccc1. The highest BCUT2D eigenvalue weighted by molar-refractivity contribution is 6.38. The van der Waals surface area contributed by atoms with Gasteiger partial charge in [0.25, 0.3) is 0 Å². The lowest BCUT2D eigenvalue weighted by atomic mass is 10.0. The van der Waals surface area contributed by atoms with E-state index in [4.69, 9.17) is 4.74 Å². The average Bonchev–Trinajstić information content (AvgIpc) is 2.62. The lowest BCUT2D eigenvalue weighted by Gasteiger charge is -2.30.